The average Bonchev–Trinajstić information content (AvgIpc) is 3.03. The molecular formula is C14H19N5O2. The average molecular weight is 289 g/mol. The number of nitrogens with zero attached hydrogens (tertiary/aromatic N) is 5. The van der Waals surface area contributed by atoms with Crippen LogP contribution in [0, 0.1) is 0 Å². The highest BCUT2D eigenvalue weighted by Crippen LogP contribution is 2.40. The third-order valence-corrected chi connectivity index (χ3v) is 4.20. The summed E-state index contributed by atoms with van der Waals surface area (Å²) < 4.78 is 8.18. The quantitative estimate of drug-likeness (QED) is 0.800. The van der Waals surface area contributed by atoms with Crippen molar-refractivity contribution in [3.05, 3.63) is 18.1 Å². The monoisotopic (exact) mass is 289 g/mol. The van der Waals surface area contributed by atoms with E-state index in [-0.39, 0.29) is 5.97 Å². The second kappa shape index (κ2) is 5.31. The predicted octanol–water partition coefficient (Wildman–Crippen LogP) is 1.68. The minimum Gasteiger partial charge on any atom is -0.467 e. The van der Waals surface area contributed by atoms with Gasteiger partial charge in [0.2, 0.25) is 0 Å². The fourth-order valence-corrected chi connectivity index (χ4v) is 2.68. The second-order valence-electron chi connectivity index (χ2n) is 5.48. The molecule has 0 aromatic carbocycles. The molecule has 0 bridgehead atoms. The van der Waals surface area contributed by atoms with Crippen LogP contribution >= 0.6 is 0 Å². The summed E-state index contributed by atoms with van der Waals surface area (Å²) in [6.45, 7) is 1.74. The third-order valence-electron chi connectivity index (χ3n) is 4.20. The van der Waals surface area contributed by atoms with E-state index in [1.807, 2.05) is 17.9 Å². The molecule has 0 N–H and O–H groups in total. The van der Waals surface area contributed by atoms with Gasteiger partial charge in [-0.2, -0.15) is 5.10 Å². The van der Waals surface area contributed by atoms with Gasteiger partial charge in [0.1, 0.15) is 11.7 Å². The number of rotatable bonds is 4. The highest BCUT2D eigenvalue weighted by molar-refractivity contribution is 5.73. The van der Waals surface area contributed by atoms with Crippen LogP contribution < -0.4 is 0 Å². The molecule has 7 nitrogen and oxygen atoms in total. The molecule has 3 rings (SSSR count). The molecule has 0 amide bonds. The summed E-state index contributed by atoms with van der Waals surface area (Å²) in [7, 11) is 3.32. The molecule has 0 aliphatic heterocycles. The van der Waals surface area contributed by atoms with Crippen molar-refractivity contribution in [2.24, 2.45) is 7.05 Å². The first kappa shape index (κ1) is 13.8. The number of methoxy groups -OCH3 is 1. The van der Waals surface area contributed by atoms with Crippen LogP contribution in [0.25, 0.3) is 11.3 Å². The van der Waals surface area contributed by atoms with Gasteiger partial charge in [-0.1, -0.05) is 11.6 Å². The van der Waals surface area contributed by atoms with Crippen molar-refractivity contribution in [2.45, 2.75) is 38.1 Å². The standard InChI is InChI=1S/C14H19N5O2/c1-9(14(20)21-3)19-8-12(16-17-19)11-7-15-18(2)13(11)10-5-4-6-10/h7-10H,4-6H2,1-3H3. The molecule has 2 aromatic rings. The minimum absolute atomic E-state index is 0.336. The van der Waals surface area contributed by atoms with Crippen molar-refractivity contribution >= 4 is 5.97 Å². The fourth-order valence-electron chi connectivity index (χ4n) is 2.68. The first-order valence-corrected chi connectivity index (χ1v) is 7.13. The Morgan fingerprint density at radius 2 is 2.24 bits per heavy atom. The van der Waals surface area contributed by atoms with Gasteiger partial charge in [-0.05, 0) is 19.8 Å². The van der Waals surface area contributed by atoms with Gasteiger partial charge in [-0.15, -0.1) is 5.10 Å². The Morgan fingerprint density at radius 1 is 1.48 bits per heavy atom. The molecule has 0 radical (unpaired) electrons. The van der Waals surface area contributed by atoms with Crippen molar-refractivity contribution in [2.75, 3.05) is 7.11 Å². The van der Waals surface area contributed by atoms with Gasteiger partial charge in [0.15, 0.2) is 0 Å². The number of carbonyl (C=O) groups is 1. The molecule has 1 unspecified atom stereocenters. The van der Waals surface area contributed by atoms with Crippen molar-refractivity contribution < 1.29 is 9.53 Å². The van der Waals surface area contributed by atoms with Crippen LogP contribution in [0.2, 0.25) is 0 Å². The van der Waals surface area contributed by atoms with Gasteiger partial charge in [-0.3, -0.25) is 4.68 Å². The van der Waals surface area contributed by atoms with Gasteiger partial charge < -0.3 is 4.74 Å². The largest absolute Gasteiger partial charge is 0.467 e. The van der Waals surface area contributed by atoms with E-state index in [0.717, 1.165) is 11.3 Å². The number of aryl methyl sites for hydroxylation is 1. The number of ether oxygens (including phenoxy) is 1. The molecule has 0 saturated heterocycles. The summed E-state index contributed by atoms with van der Waals surface area (Å²) in [5.74, 6) is 0.215. The summed E-state index contributed by atoms with van der Waals surface area (Å²) in [5, 5.41) is 12.6. The van der Waals surface area contributed by atoms with E-state index in [9.17, 15) is 4.79 Å². The van der Waals surface area contributed by atoms with Gasteiger partial charge in [0, 0.05) is 18.5 Å². The lowest BCUT2D eigenvalue weighted by Crippen LogP contribution is -2.18. The number of aromatic nitrogens is 5. The molecule has 1 aliphatic carbocycles. The second-order valence-corrected chi connectivity index (χ2v) is 5.48. The predicted molar refractivity (Wildman–Crippen MR) is 75.5 cm³/mol. The number of esters is 1. The van der Waals surface area contributed by atoms with E-state index < -0.39 is 6.04 Å². The Bertz CT molecular complexity index is 656. The molecule has 0 spiro atoms. The normalized spacial score (nSPS) is 16.5. The lowest BCUT2D eigenvalue weighted by molar-refractivity contribution is -0.144. The smallest absolute Gasteiger partial charge is 0.330 e. The Morgan fingerprint density at radius 3 is 2.86 bits per heavy atom. The van der Waals surface area contributed by atoms with E-state index in [0.29, 0.717) is 5.92 Å². The molecule has 1 aliphatic rings. The van der Waals surface area contributed by atoms with Crippen molar-refractivity contribution in [1.29, 1.82) is 0 Å². The van der Waals surface area contributed by atoms with E-state index >= 15 is 0 Å². The molecule has 2 heterocycles. The molecule has 112 valence electrons. The molecule has 1 saturated carbocycles. The Hall–Kier alpha value is -2.18. The highest BCUT2D eigenvalue weighted by Gasteiger charge is 2.27. The Balaban J connectivity index is 1.92. The van der Waals surface area contributed by atoms with E-state index in [1.54, 1.807) is 13.1 Å². The number of carbonyl (C=O) groups excluding carboxylic acids is 1. The highest BCUT2D eigenvalue weighted by atomic mass is 16.5. The Labute approximate surface area is 122 Å². The molecular weight excluding hydrogens is 270 g/mol. The minimum atomic E-state index is -0.486. The lowest BCUT2D eigenvalue weighted by Gasteiger charge is -2.26. The molecule has 21 heavy (non-hydrogen) atoms. The van der Waals surface area contributed by atoms with Gasteiger partial charge in [0.05, 0.1) is 25.2 Å². The van der Waals surface area contributed by atoms with Crippen molar-refractivity contribution in [3.63, 3.8) is 0 Å². The van der Waals surface area contributed by atoms with Crippen LogP contribution in [-0.4, -0.2) is 37.9 Å². The van der Waals surface area contributed by atoms with Crippen molar-refractivity contribution in [1.82, 2.24) is 24.8 Å². The maximum absolute atomic E-state index is 11.6. The van der Waals surface area contributed by atoms with E-state index in [2.05, 4.69) is 15.4 Å². The van der Waals surface area contributed by atoms with Crippen LogP contribution in [0.4, 0.5) is 0 Å². The molecule has 2 aromatic heterocycles. The SMILES string of the molecule is COC(=O)C(C)n1cc(-c2cnn(C)c2C2CCC2)nn1. The zero-order valence-corrected chi connectivity index (χ0v) is 12.5. The zero-order chi connectivity index (χ0) is 15.0. The first-order chi connectivity index (χ1) is 10.1. The van der Waals surface area contributed by atoms with Crippen LogP contribution in [0.3, 0.4) is 0 Å². The summed E-state index contributed by atoms with van der Waals surface area (Å²) >= 11 is 0. The molecule has 1 fully saturated rings. The fraction of sp³-hybridized carbons (Fsp3) is 0.571. The number of hydrogen-bond acceptors (Lipinski definition) is 5. The van der Waals surface area contributed by atoms with Gasteiger partial charge in [0.25, 0.3) is 0 Å². The van der Waals surface area contributed by atoms with Gasteiger partial charge in [-0.25, -0.2) is 9.48 Å². The van der Waals surface area contributed by atoms with E-state index in [4.69, 9.17) is 4.74 Å². The Kier molecular flexibility index (Phi) is 3.48. The van der Waals surface area contributed by atoms with Crippen LogP contribution in [0.5, 0.6) is 0 Å². The van der Waals surface area contributed by atoms with Gasteiger partial charge >= 0.3 is 5.97 Å². The summed E-state index contributed by atoms with van der Waals surface area (Å²) in [5.41, 5.74) is 2.96. The van der Waals surface area contributed by atoms with Crippen molar-refractivity contribution in [3.8, 4) is 11.3 Å². The summed E-state index contributed by atoms with van der Waals surface area (Å²) in [4.78, 5) is 11.6. The van der Waals surface area contributed by atoms with E-state index in [1.165, 1.54) is 36.7 Å². The van der Waals surface area contributed by atoms with Crippen LogP contribution in [0.1, 0.15) is 43.8 Å². The summed E-state index contributed by atoms with van der Waals surface area (Å²) in [6, 6.07) is -0.486. The molecule has 1 atom stereocenters. The number of hydrogen-bond donors (Lipinski definition) is 0. The third kappa shape index (κ3) is 2.32. The first-order valence-electron chi connectivity index (χ1n) is 7.13. The maximum atomic E-state index is 11.6. The van der Waals surface area contributed by atoms with Crippen LogP contribution in [-0.2, 0) is 16.6 Å². The maximum Gasteiger partial charge on any atom is 0.330 e. The lowest BCUT2D eigenvalue weighted by atomic mass is 9.81. The summed E-state index contributed by atoms with van der Waals surface area (Å²) in [6.07, 6.45) is 7.26. The zero-order valence-electron chi connectivity index (χ0n) is 12.5. The topological polar surface area (TPSA) is 74.8 Å². The molecule has 7 heteroatoms. The van der Waals surface area contributed by atoms with Crippen LogP contribution in [0.15, 0.2) is 12.4 Å².